The second kappa shape index (κ2) is 7.90. The summed E-state index contributed by atoms with van der Waals surface area (Å²) in [6.07, 6.45) is 0. The van der Waals surface area contributed by atoms with E-state index in [9.17, 15) is 19.1 Å². The van der Waals surface area contributed by atoms with Gasteiger partial charge in [-0.15, -0.1) is 0 Å². The maximum atomic E-state index is 13.3. The van der Waals surface area contributed by atoms with Gasteiger partial charge in [0.05, 0.1) is 12.3 Å². The molecular weight excluding hydrogens is 403 g/mol. The van der Waals surface area contributed by atoms with Crippen LogP contribution in [0.5, 0.6) is 5.75 Å². The summed E-state index contributed by atoms with van der Waals surface area (Å²) in [7, 11) is 1.50. The van der Waals surface area contributed by atoms with Crippen molar-refractivity contribution in [3.63, 3.8) is 0 Å². The molecular formula is C21H19FN6O3. The average Bonchev–Trinajstić information content (AvgIpc) is 3.11. The summed E-state index contributed by atoms with van der Waals surface area (Å²) in [4.78, 5) is 31.2. The molecule has 0 aliphatic carbocycles. The van der Waals surface area contributed by atoms with Crippen molar-refractivity contribution in [3.8, 4) is 5.75 Å². The molecule has 2 aromatic carbocycles. The number of hydrogen-bond donors (Lipinski definition) is 3. The van der Waals surface area contributed by atoms with Crippen LogP contribution >= 0.6 is 0 Å². The van der Waals surface area contributed by atoms with Gasteiger partial charge < -0.3 is 5.11 Å². The number of aryl methyl sites for hydroxylation is 1. The van der Waals surface area contributed by atoms with Gasteiger partial charge in [0.15, 0.2) is 11.2 Å². The van der Waals surface area contributed by atoms with Crippen molar-refractivity contribution in [1.82, 2.24) is 19.1 Å². The van der Waals surface area contributed by atoms with Crippen LogP contribution in [0.2, 0.25) is 0 Å². The number of aromatic nitrogens is 4. The standard InChI is InChI=1S/C21H19FN6O3/c1-12(15-5-3-4-6-16(15)29)25-26-20-23-18-17(19(30)24-21(31)27(18)2)28(20)11-13-7-9-14(22)10-8-13/h3-10,29H,11H2,1-2H3,(H,23,26)(H,24,30,31). The minimum Gasteiger partial charge on any atom is -0.507 e. The number of anilines is 1. The molecule has 0 saturated carbocycles. The van der Waals surface area contributed by atoms with Crippen LogP contribution in [0.15, 0.2) is 63.2 Å². The Hall–Kier alpha value is -4.21. The fraction of sp³-hybridized carbons (Fsp3) is 0.143. The van der Waals surface area contributed by atoms with Crippen LogP contribution in [-0.4, -0.2) is 29.9 Å². The summed E-state index contributed by atoms with van der Waals surface area (Å²) >= 11 is 0. The van der Waals surface area contributed by atoms with Crippen LogP contribution < -0.4 is 16.7 Å². The first-order valence-corrected chi connectivity index (χ1v) is 9.38. The van der Waals surface area contributed by atoms with Crippen molar-refractivity contribution in [2.45, 2.75) is 13.5 Å². The number of aromatic hydroxyl groups is 1. The summed E-state index contributed by atoms with van der Waals surface area (Å²) in [6, 6.07) is 12.6. The molecule has 0 aliphatic rings. The molecule has 0 atom stereocenters. The van der Waals surface area contributed by atoms with E-state index in [4.69, 9.17) is 0 Å². The molecule has 0 amide bonds. The second-order valence-corrected chi connectivity index (χ2v) is 6.96. The maximum Gasteiger partial charge on any atom is 0.329 e. The second-order valence-electron chi connectivity index (χ2n) is 6.96. The Labute approximate surface area is 175 Å². The Morgan fingerprint density at radius 1 is 1.19 bits per heavy atom. The van der Waals surface area contributed by atoms with E-state index in [0.717, 1.165) is 5.56 Å². The van der Waals surface area contributed by atoms with Gasteiger partial charge in [-0.3, -0.25) is 18.9 Å². The molecule has 0 aliphatic heterocycles. The third kappa shape index (κ3) is 3.82. The Balaban J connectivity index is 1.83. The monoisotopic (exact) mass is 422 g/mol. The fourth-order valence-corrected chi connectivity index (χ4v) is 3.22. The molecule has 31 heavy (non-hydrogen) atoms. The molecule has 2 heterocycles. The van der Waals surface area contributed by atoms with E-state index in [1.807, 2.05) is 0 Å². The quantitative estimate of drug-likeness (QED) is 0.337. The Kier molecular flexibility index (Phi) is 5.12. The smallest absolute Gasteiger partial charge is 0.329 e. The molecule has 3 N–H and O–H groups in total. The zero-order valence-electron chi connectivity index (χ0n) is 16.8. The average molecular weight is 422 g/mol. The van der Waals surface area contributed by atoms with Gasteiger partial charge in [0.1, 0.15) is 11.6 Å². The lowest BCUT2D eigenvalue weighted by atomic mass is 10.1. The molecule has 0 bridgehead atoms. The molecule has 0 saturated heterocycles. The van der Waals surface area contributed by atoms with E-state index in [2.05, 4.69) is 20.5 Å². The molecule has 9 nitrogen and oxygen atoms in total. The van der Waals surface area contributed by atoms with Gasteiger partial charge in [-0.2, -0.15) is 10.1 Å². The highest BCUT2D eigenvalue weighted by Crippen LogP contribution is 2.20. The predicted octanol–water partition coefficient (Wildman–Crippen LogP) is 2.15. The first-order chi connectivity index (χ1) is 14.8. The Morgan fingerprint density at radius 3 is 2.61 bits per heavy atom. The molecule has 4 rings (SSSR count). The number of nitrogens with zero attached hydrogens (tertiary/aromatic N) is 4. The number of H-pyrrole nitrogens is 1. The van der Waals surface area contributed by atoms with E-state index in [-0.39, 0.29) is 35.2 Å². The van der Waals surface area contributed by atoms with Crippen LogP contribution in [0.1, 0.15) is 18.1 Å². The lowest BCUT2D eigenvalue weighted by molar-refractivity contribution is 0.474. The molecule has 158 valence electrons. The Bertz CT molecular complexity index is 1420. The highest BCUT2D eigenvalue weighted by atomic mass is 19.1. The molecule has 0 fully saturated rings. The normalized spacial score (nSPS) is 11.8. The van der Waals surface area contributed by atoms with Gasteiger partial charge in [0, 0.05) is 12.6 Å². The number of hydrogen-bond acceptors (Lipinski definition) is 6. The number of phenolic OH excluding ortho intramolecular Hbond substituents is 1. The van der Waals surface area contributed by atoms with E-state index in [0.29, 0.717) is 11.3 Å². The lowest BCUT2D eigenvalue weighted by Crippen LogP contribution is -2.29. The first kappa shape index (κ1) is 20.1. The minimum absolute atomic E-state index is 0.0733. The maximum absolute atomic E-state index is 13.3. The van der Waals surface area contributed by atoms with Crippen molar-refractivity contribution in [2.24, 2.45) is 12.1 Å². The lowest BCUT2D eigenvalue weighted by Gasteiger charge is -2.09. The van der Waals surface area contributed by atoms with E-state index in [1.165, 1.54) is 23.7 Å². The van der Waals surface area contributed by atoms with E-state index < -0.39 is 11.2 Å². The molecule has 2 aromatic heterocycles. The number of benzene rings is 2. The van der Waals surface area contributed by atoms with Crippen LogP contribution in [0.25, 0.3) is 11.2 Å². The van der Waals surface area contributed by atoms with Gasteiger partial charge in [-0.1, -0.05) is 24.3 Å². The summed E-state index contributed by atoms with van der Waals surface area (Å²) in [5.41, 5.74) is 3.71. The van der Waals surface area contributed by atoms with Crippen LogP contribution in [0, 0.1) is 5.82 Å². The summed E-state index contributed by atoms with van der Waals surface area (Å²) < 4.78 is 16.1. The van der Waals surface area contributed by atoms with Crippen molar-refractivity contribution < 1.29 is 9.50 Å². The van der Waals surface area contributed by atoms with Gasteiger partial charge in [-0.05, 0) is 36.8 Å². The minimum atomic E-state index is -0.595. The Morgan fingerprint density at radius 2 is 1.90 bits per heavy atom. The number of imidazole rings is 1. The highest BCUT2D eigenvalue weighted by Gasteiger charge is 2.18. The summed E-state index contributed by atoms with van der Waals surface area (Å²) in [5.74, 6) is -0.0919. The van der Waals surface area contributed by atoms with Crippen LogP contribution in [0.3, 0.4) is 0 Å². The molecule has 0 radical (unpaired) electrons. The molecule has 10 heteroatoms. The van der Waals surface area contributed by atoms with E-state index in [1.54, 1.807) is 47.9 Å². The van der Waals surface area contributed by atoms with Gasteiger partial charge in [-0.25, -0.2) is 14.6 Å². The zero-order chi connectivity index (χ0) is 22.1. The largest absolute Gasteiger partial charge is 0.507 e. The number of halogens is 1. The number of para-hydroxylation sites is 1. The van der Waals surface area contributed by atoms with Gasteiger partial charge >= 0.3 is 5.69 Å². The highest BCUT2D eigenvalue weighted by molar-refractivity contribution is 6.01. The number of nitrogens with one attached hydrogen (secondary N) is 2. The first-order valence-electron chi connectivity index (χ1n) is 9.38. The van der Waals surface area contributed by atoms with Crippen LogP contribution in [0.4, 0.5) is 10.3 Å². The third-order valence-corrected chi connectivity index (χ3v) is 4.88. The number of fused-ring (bicyclic) bond motifs is 1. The summed E-state index contributed by atoms with van der Waals surface area (Å²) in [6.45, 7) is 1.89. The SMILES string of the molecule is CC(=NNc1nc2c(c(=O)[nH]c(=O)n2C)n1Cc1ccc(F)cc1)c1ccccc1O. The molecule has 0 unspecified atom stereocenters. The summed E-state index contributed by atoms with van der Waals surface area (Å²) in [5, 5.41) is 14.3. The van der Waals surface area contributed by atoms with Gasteiger partial charge in [0.25, 0.3) is 5.56 Å². The van der Waals surface area contributed by atoms with Gasteiger partial charge in [0.2, 0.25) is 5.95 Å². The number of rotatable bonds is 5. The molecule has 4 aromatic rings. The van der Waals surface area contributed by atoms with E-state index >= 15 is 0 Å². The molecule has 0 spiro atoms. The van der Waals surface area contributed by atoms with Crippen LogP contribution in [-0.2, 0) is 13.6 Å². The van der Waals surface area contributed by atoms with Crippen molar-refractivity contribution in [2.75, 3.05) is 5.43 Å². The third-order valence-electron chi connectivity index (χ3n) is 4.88. The zero-order valence-corrected chi connectivity index (χ0v) is 16.8. The predicted molar refractivity (Wildman–Crippen MR) is 115 cm³/mol. The van der Waals surface area contributed by atoms with Crippen molar-refractivity contribution in [1.29, 1.82) is 0 Å². The topological polar surface area (TPSA) is 117 Å². The number of hydrazone groups is 1. The number of aromatic amines is 1. The fourth-order valence-electron chi connectivity index (χ4n) is 3.22. The number of phenols is 1. The van der Waals surface area contributed by atoms with Crippen molar-refractivity contribution in [3.05, 3.63) is 86.3 Å². The van der Waals surface area contributed by atoms with Crippen molar-refractivity contribution >= 4 is 22.8 Å².